The van der Waals surface area contributed by atoms with Gasteiger partial charge in [0, 0.05) is 11.3 Å². The highest BCUT2D eigenvalue weighted by Gasteiger charge is 2.07. The number of phenolic OH excluding ortho intramolecular Hbond substituents is 2. The fourth-order valence-electron chi connectivity index (χ4n) is 2.01. The minimum atomic E-state index is -0.313. The van der Waals surface area contributed by atoms with Crippen LogP contribution in [-0.4, -0.2) is 28.4 Å². The van der Waals surface area contributed by atoms with Crippen LogP contribution in [-0.2, 0) is 4.79 Å². The number of carbonyl (C=O) groups is 1. The molecule has 0 unspecified atom stereocenters. The molecule has 0 radical (unpaired) electrons. The molecule has 0 saturated heterocycles. The molecule has 0 fully saturated rings. The van der Waals surface area contributed by atoms with Gasteiger partial charge in [0.15, 0.2) is 0 Å². The minimum absolute atomic E-state index is 0.0138. The summed E-state index contributed by atoms with van der Waals surface area (Å²) in [5, 5.41) is 26.1. The topological polar surface area (TPSA) is 94.0 Å². The zero-order valence-electron chi connectivity index (χ0n) is 13.0. The van der Waals surface area contributed by atoms with E-state index in [4.69, 9.17) is 0 Å². The van der Waals surface area contributed by atoms with Gasteiger partial charge in [-0.05, 0) is 43.7 Å². The number of hydrogen-bond donors (Lipinski definition) is 4. The standard InChI is InChI=1S/C17H19N3O3/c1-11-5-3-4-6-15(11)18-10-17(23)20-19-12(2)14-9-13(21)7-8-16(14)22/h3-9,18,21-22H,10H2,1-2H3,(H,20,23). The van der Waals surface area contributed by atoms with Gasteiger partial charge in [-0.2, -0.15) is 5.10 Å². The normalized spacial score (nSPS) is 11.1. The van der Waals surface area contributed by atoms with Gasteiger partial charge in [0.1, 0.15) is 11.5 Å². The SMILES string of the molecule is CC(=NNC(=O)CNc1ccccc1C)c1cc(O)ccc1O. The van der Waals surface area contributed by atoms with Gasteiger partial charge in [-0.25, -0.2) is 5.43 Å². The fourth-order valence-corrected chi connectivity index (χ4v) is 2.01. The zero-order chi connectivity index (χ0) is 16.8. The maximum absolute atomic E-state index is 11.8. The van der Waals surface area contributed by atoms with Crippen molar-refractivity contribution in [1.82, 2.24) is 5.43 Å². The molecule has 0 aliphatic carbocycles. The lowest BCUT2D eigenvalue weighted by Crippen LogP contribution is -2.27. The first-order valence-electron chi connectivity index (χ1n) is 7.12. The van der Waals surface area contributed by atoms with Gasteiger partial charge in [-0.3, -0.25) is 4.79 Å². The molecule has 2 aromatic carbocycles. The second-order valence-corrected chi connectivity index (χ2v) is 5.10. The number of nitrogens with one attached hydrogen (secondary N) is 2. The summed E-state index contributed by atoms with van der Waals surface area (Å²) in [4.78, 5) is 11.8. The highest BCUT2D eigenvalue weighted by Crippen LogP contribution is 2.22. The lowest BCUT2D eigenvalue weighted by molar-refractivity contribution is -0.119. The Morgan fingerprint density at radius 3 is 2.65 bits per heavy atom. The Morgan fingerprint density at radius 1 is 1.17 bits per heavy atom. The van der Waals surface area contributed by atoms with Gasteiger partial charge in [-0.15, -0.1) is 0 Å². The third-order valence-corrected chi connectivity index (χ3v) is 3.30. The molecule has 0 aliphatic rings. The highest BCUT2D eigenvalue weighted by atomic mass is 16.3. The van der Waals surface area contributed by atoms with Crippen molar-refractivity contribution in [3.63, 3.8) is 0 Å². The smallest absolute Gasteiger partial charge is 0.259 e. The predicted molar refractivity (Wildman–Crippen MR) is 89.8 cm³/mol. The van der Waals surface area contributed by atoms with Crippen molar-refractivity contribution in [2.75, 3.05) is 11.9 Å². The maximum atomic E-state index is 11.8. The van der Waals surface area contributed by atoms with E-state index < -0.39 is 0 Å². The quantitative estimate of drug-likeness (QED) is 0.387. The van der Waals surface area contributed by atoms with Crippen molar-refractivity contribution in [3.05, 3.63) is 53.6 Å². The molecule has 120 valence electrons. The number of phenols is 2. The Balaban J connectivity index is 1.95. The van der Waals surface area contributed by atoms with Crippen LogP contribution in [0.1, 0.15) is 18.1 Å². The number of aryl methyl sites for hydroxylation is 1. The molecule has 0 bridgehead atoms. The average Bonchev–Trinajstić information content (AvgIpc) is 2.54. The Bertz CT molecular complexity index is 742. The number of carbonyl (C=O) groups excluding carboxylic acids is 1. The maximum Gasteiger partial charge on any atom is 0.259 e. The first-order valence-corrected chi connectivity index (χ1v) is 7.12. The van der Waals surface area contributed by atoms with Crippen LogP contribution in [0.25, 0.3) is 0 Å². The molecule has 0 heterocycles. The molecule has 0 saturated carbocycles. The van der Waals surface area contributed by atoms with Crippen LogP contribution >= 0.6 is 0 Å². The van der Waals surface area contributed by atoms with Crippen LogP contribution in [0.2, 0.25) is 0 Å². The van der Waals surface area contributed by atoms with Crippen LogP contribution in [0, 0.1) is 6.92 Å². The Hall–Kier alpha value is -3.02. The van der Waals surface area contributed by atoms with Gasteiger partial charge in [0.2, 0.25) is 0 Å². The highest BCUT2D eigenvalue weighted by molar-refractivity contribution is 6.01. The number of nitrogens with zero attached hydrogens (tertiary/aromatic N) is 1. The third-order valence-electron chi connectivity index (χ3n) is 3.30. The van der Waals surface area contributed by atoms with Gasteiger partial charge in [0.25, 0.3) is 5.91 Å². The molecule has 0 spiro atoms. The van der Waals surface area contributed by atoms with E-state index >= 15 is 0 Å². The van der Waals surface area contributed by atoms with Gasteiger partial charge < -0.3 is 15.5 Å². The van der Waals surface area contributed by atoms with Crippen LogP contribution in [0.3, 0.4) is 0 Å². The van der Waals surface area contributed by atoms with Crippen molar-refractivity contribution < 1.29 is 15.0 Å². The van der Waals surface area contributed by atoms with E-state index in [-0.39, 0.29) is 24.0 Å². The van der Waals surface area contributed by atoms with Gasteiger partial charge >= 0.3 is 0 Å². The van der Waals surface area contributed by atoms with E-state index in [0.717, 1.165) is 11.3 Å². The van der Waals surface area contributed by atoms with E-state index in [9.17, 15) is 15.0 Å². The lowest BCUT2D eigenvalue weighted by Gasteiger charge is -2.09. The molecule has 1 amide bonds. The number of amides is 1. The van der Waals surface area contributed by atoms with Crippen molar-refractivity contribution in [2.24, 2.45) is 5.10 Å². The predicted octanol–water partition coefficient (Wildman–Crippen LogP) is 2.36. The third kappa shape index (κ3) is 4.47. The molecule has 6 heteroatoms. The van der Waals surface area contributed by atoms with Gasteiger partial charge in [-0.1, -0.05) is 18.2 Å². The number of para-hydroxylation sites is 1. The molecule has 0 aliphatic heterocycles. The summed E-state index contributed by atoms with van der Waals surface area (Å²) in [5.74, 6) is -0.316. The van der Waals surface area contributed by atoms with E-state index in [0.29, 0.717) is 11.3 Å². The number of anilines is 1. The van der Waals surface area contributed by atoms with E-state index in [1.54, 1.807) is 6.92 Å². The second-order valence-electron chi connectivity index (χ2n) is 5.10. The molecular weight excluding hydrogens is 294 g/mol. The monoisotopic (exact) mass is 313 g/mol. The number of benzene rings is 2. The summed E-state index contributed by atoms with van der Waals surface area (Å²) in [7, 11) is 0. The molecule has 0 aromatic heterocycles. The van der Waals surface area contributed by atoms with Crippen molar-refractivity contribution in [2.45, 2.75) is 13.8 Å². The minimum Gasteiger partial charge on any atom is -0.508 e. The van der Waals surface area contributed by atoms with Crippen LogP contribution in [0.15, 0.2) is 47.6 Å². The largest absolute Gasteiger partial charge is 0.508 e. The van der Waals surface area contributed by atoms with Crippen molar-refractivity contribution in [3.8, 4) is 11.5 Å². The first-order chi connectivity index (χ1) is 11.0. The Morgan fingerprint density at radius 2 is 1.91 bits per heavy atom. The first kappa shape index (κ1) is 16.4. The summed E-state index contributed by atoms with van der Waals surface area (Å²) in [5.41, 5.74) is 5.09. The molecule has 2 aromatic rings. The Kier molecular flexibility index (Phi) is 5.19. The molecule has 4 N–H and O–H groups in total. The Labute approximate surface area is 134 Å². The molecule has 23 heavy (non-hydrogen) atoms. The summed E-state index contributed by atoms with van der Waals surface area (Å²) >= 11 is 0. The molecule has 2 rings (SSSR count). The van der Waals surface area contributed by atoms with E-state index in [2.05, 4.69) is 15.8 Å². The molecule has 6 nitrogen and oxygen atoms in total. The number of hydrogen-bond acceptors (Lipinski definition) is 5. The van der Waals surface area contributed by atoms with Crippen LogP contribution in [0.4, 0.5) is 5.69 Å². The van der Waals surface area contributed by atoms with Crippen molar-refractivity contribution in [1.29, 1.82) is 0 Å². The van der Waals surface area contributed by atoms with E-state index in [1.165, 1.54) is 18.2 Å². The average molecular weight is 313 g/mol. The van der Waals surface area contributed by atoms with Crippen LogP contribution in [0.5, 0.6) is 11.5 Å². The van der Waals surface area contributed by atoms with E-state index in [1.807, 2.05) is 31.2 Å². The summed E-state index contributed by atoms with van der Waals surface area (Å²) < 4.78 is 0. The van der Waals surface area contributed by atoms with Crippen molar-refractivity contribution >= 4 is 17.3 Å². The second kappa shape index (κ2) is 7.31. The molecule has 0 atom stereocenters. The molecular formula is C17H19N3O3. The number of aromatic hydroxyl groups is 2. The lowest BCUT2D eigenvalue weighted by atomic mass is 10.1. The summed E-state index contributed by atoms with van der Waals surface area (Å²) in [6, 6.07) is 11.8. The zero-order valence-corrected chi connectivity index (χ0v) is 13.0. The summed E-state index contributed by atoms with van der Waals surface area (Å²) in [6.07, 6.45) is 0. The fraction of sp³-hybridized carbons (Fsp3) is 0.176. The summed E-state index contributed by atoms with van der Waals surface area (Å²) in [6.45, 7) is 3.66. The van der Waals surface area contributed by atoms with Crippen LogP contribution < -0.4 is 10.7 Å². The number of rotatable bonds is 5. The number of hydrazone groups is 1. The van der Waals surface area contributed by atoms with Gasteiger partial charge in [0.05, 0.1) is 12.3 Å².